The molecule has 0 fully saturated rings. The van der Waals surface area contributed by atoms with Crippen LogP contribution in [0.1, 0.15) is 33.1 Å². The summed E-state index contributed by atoms with van der Waals surface area (Å²) in [6.07, 6.45) is 3.90. The Bertz CT molecular complexity index is 111. The minimum Gasteiger partial charge on any atom is -0.383 e. The van der Waals surface area contributed by atoms with Crippen LogP contribution in [0.15, 0.2) is 0 Å². The molecule has 0 spiro atoms. The number of hydrogen-bond acceptors (Lipinski definition) is 3. The van der Waals surface area contributed by atoms with Gasteiger partial charge in [-0.3, -0.25) is 0 Å². The molecule has 0 aliphatic carbocycles. The largest absolute Gasteiger partial charge is 0.383 e. The Kier molecular flexibility index (Phi) is 11.6. The number of methoxy groups -OCH3 is 1. The van der Waals surface area contributed by atoms with Crippen molar-refractivity contribution >= 4 is 11.8 Å². The first-order valence-corrected chi connectivity index (χ1v) is 6.67. The van der Waals surface area contributed by atoms with Crippen molar-refractivity contribution in [1.29, 1.82) is 0 Å². The molecule has 0 saturated carbocycles. The van der Waals surface area contributed by atoms with Gasteiger partial charge in [-0.1, -0.05) is 13.8 Å². The molecule has 0 rings (SSSR count). The molecule has 0 aliphatic heterocycles. The summed E-state index contributed by atoms with van der Waals surface area (Å²) >= 11 is 2.09. The van der Waals surface area contributed by atoms with Crippen LogP contribution in [0.25, 0.3) is 0 Å². The molecule has 14 heavy (non-hydrogen) atoms. The van der Waals surface area contributed by atoms with Crippen LogP contribution in [0, 0.1) is 0 Å². The van der Waals surface area contributed by atoms with Gasteiger partial charge in [-0.15, -0.1) is 0 Å². The molecule has 1 atom stereocenters. The van der Waals surface area contributed by atoms with E-state index < -0.39 is 0 Å². The van der Waals surface area contributed by atoms with Crippen LogP contribution in [0.4, 0.5) is 0 Å². The lowest BCUT2D eigenvalue weighted by molar-refractivity contribution is 0.199. The van der Waals surface area contributed by atoms with E-state index in [4.69, 9.17) is 4.74 Å². The van der Waals surface area contributed by atoms with E-state index in [0.29, 0.717) is 0 Å². The minimum absolute atomic E-state index is 0.821. The second-order valence-corrected chi connectivity index (χ2v) is 5.09. The summed E-state index contributed by atoms with van der Waals surface area (Å²) in [7, 11) is 1.74. The van der Waals surface area contributed by atoms with Crippen LogP contribution >= 0.6 is 11.8 Å². The summed E-state index contributed by atoms with van der Waals surface area (Å²) in [4.78, 5) is 0. The molecule has 0 heterocycles. The first-order chi connectivity index (χ1) is 6.81. The first-order valence-electron chi connectivity index (χ1n) is 5.62. The highest BCUT2D eigenvalue weighted by atomic mass is 32.2. The topological polar surface area (TPSA) is 21.3 Å². The number of unbranched alkanes of at least 4 members (excludes halogenated alkanes) is 1. The molecule has 1 unspecified atom stereocenters. The van der Waals surface area contributed by atoms with Crippen LogP contribution in [-0.2, 0) is 4.74 Å². The van der Waals surface area contributed by atoms with E-state index in [2.05, 4.69) is 30.9 Å². The van der Waals surface area contributed by atoms with Crippen LogP contribution in [0.2, 0.25) is 0 Å². The van der Waals surface area contributed by atoms with Gasteiger partial charge in [0.05, 0.1) is 6.61 Å². The molecule has 0 radical (unpaired) electrons. The molecule has 0 aromatic rings. The Morgan fingerprint density at radius 1 is 1.29 bits per heavy atom. The van der Waals surface area contributed by atoms with E-state index in [1.165, 1.54) is 25.0 Å². The van der Waals surface area contributed by atoms with Crippen LogP contribution in [-0.4, -0.2) is 37.8 Å². The van der Waals surface area contributed by atoms with Crippen molar-refractivity contribution < 1.29 is 4.74 Å². The number of ether oxygens (including phenoxy) is 1. The summed E-state index contributed by atoms with van der Waals surface area (Å²) in [6.45, 7) is 7.49. The molecular weight excluding hydrogens is 194 g/mol. The third-order valence-corrected chi connectivity index (χ3v) is 3.63. The molecule has 86 valence electrons. The summed E-state index contributed by atoms with van der Waals surface area (Å²) in [5, 5.41) is 4.18. The van der Waals surface area contributed by atoms with E-state index >= 15 is 0 Å². The lowest BCUT2D eigenvalue weighted by Crippen LogP contribution is -2.20. The summed E-state index contributed by atoms with van der Waals surface area (Å²) in [5.74, 6) is 1.31. The van der Waals surface area contributed by atoms with E-state index in [1.807, 2.05) is 0 Å². The van der Waals surface area contributed by atoms with E-state index in [1.54, 1.807) is 7.11 Å². The molecule has 0 aromatic heterocycles. The molecule has 0 saturated heterocycles. The average molecular weight is 219 g/mol. The molecule has 3 heteroatoms. The maximum atomic E-state index is 4.95. The second kappa shape index (κ2) is 11.3. The molecule has 1 N–H and O–H groups in total. The zero-order valence-electron chi connectivity index (χ0n) is 9.84. The highest BCUT2D eigenvalue weighted by Crippen LogP contribution is 2.14. The van der Waals surface area contributed by atoms with Crippen LogP contribution in [0.3, 0.4) is 0 Å². The van der Waals surface area contributed by atoms with Gasteiger partial charge in [-0.2, -0.15) is 11.8 Å². The first kappa shape index (κ1) is 14.3. The van der Waals surface area contributed by atoms with Crippen molar-refractivity contribution in [3.05, 3.63) is 0 Å². The maximum Gasteiger partial charge on any atom is 0.0587 e. The molecule has 0 aromatic carbocycles. The predicted octanol–water partition coefficient (Wildman–Crippen LogP) is 2.53. The van der Waals surface area contributed by atoms with Gasteiger partial charge in [0.15, 0.2) is 0 Å². The fourth-order valence-corrected chi connectivity index (χ4v) is 2.06. The maximum absolute atomic E-state index is 4.95. The Balaban J connectivity index is 2.92. The molecule has 0 aliphatic rings. The zero-order valence-corrected chi connectivity index (χ0v) is 10.7. The fourth-order valence-electron chi connectivity index (χ4n) is 1.05. The number of thioether (sulfide) groups is 1. The SMILES string of the molecule is CCC(C)SCCCCNCCOC. The highest BCUT2D eigenvalue weighted by Gasteiger charge is 1.97. The Hall–Kier alpha value is 0.270. The van der Waals surface area contributed by atoms with Crippen molar-refractivity contribution in [3.8, 4) is 0 Å². The second-order valence-electron chi connectivity index (χ2n) is 3.54. The van der Waals surface area contributed by atoms with Crippen molar-refractivity contribution in [3.63, 3.8) is 0 Å². The Labute approximate surface area is 93.2 Å². The van der Waals surface area contributed by atoms with Gasteiger partial charge in [-0.25, -0.2) is 0 Å². The van der Waals surface area contributed by atoms with Gasteiger partial charge in [0, 0.05) is 18.9 Å². The Morgan fingerprint density at radius 3 is 2.71 bits per heavy atom. The predicted molar refractivity (Wildman–Crippen MR) is 66.2 cm³/mol. The number of hydrogen-bond donors (Lipinski definition) is 1. The molecular formula is C11H25NOS. The lowest BCUT2D eigenvalue weighted by Gasteiger charge is -2.07. The summed E-state index contributed by atoms with van der Waals surface area (Å²) < 4.78 is 4.95. The van der Waals surface area contributed by atoms with Crippen molar-refractivity contribution in [2.75, 3.05) is 32.6 Å². The summed E-state index contributed by atoms with van der Waals surface area (Å²) in [6, 6.07) is 0. The van der Waals surface area contributed by atoms with E-state index in [9.17, 15) is 0 Å². The molecule has 2 nitrogen and oxygen atoms in total. The van der Waals surface area contributed by atoms with Crippen LogP contribution < -0.4 is 5.32 Å². The zero-order chi connectivity index (χ0) is 10.6. The monoisotopic (exact) mass is 219 g/mol. The third kappa shape index (κ3) is 10.4. The summed E-state index contributed by atoms with van der Waals surface area (Å²) in [5.41, 5.74) is 0. The quantitative estimate of drug-likeness (QED) is 0.571. The number of nitrogens with one attached hydrogen (secondary N) is 1. The third-order valence-electron chi connectivity index (χ3n) is 2.21. The molecule has 0 bridgehead atoms. The van der Waals surface area contributed by atoms with Gasteiger partial charge in [0.2, 0.25) is 0 Å². The van der Waals surface area contributed by atoms with Crippen molar-refractivity contribution in [2.45, 2.75) is 38.4 Å². The van der Waals surface area contributed by atoms with Gasteiger partial charge < -0.3 is 10.1 Å². The van der Waals surface area contributed by atoms with Gasteiger partial charge in [0.1, 0.15) is 0 Å². The highest BCUT2D eigenvalue weighted by molar-refractivity contribution is 7.99. The van der Waals surface area contributed by atoms with Gasteiger partial charge >= 0.3 is 0 Å². The molecule has 0 amide bonds. The van der Waals surface area contributed by atoms with E-state index in [0.717, 1.165) is 24.9 Å². The van der Waals surface area contributed by atoms with E-state index in [-0.39, 0.29) is 0 Å². The van der Waals surface area contributed by atoms with Crippen LogP contribution in [0.5, 0.6) is 0 Å². The Morgan fingerprint density at radius 2 is 2.07 bits per heavy atom. The standard InChI is InChI=1S/C11H25NOS/c1-4-11(2)14-10-6-5-7-12-8-9-13-3/h11-12H,4-10H2,1-3H3. The van der Waals surface area contributed by atoms with Crippen molar-refractivity contribution in [2.24, 2.45) is 0 Å². The normalized spacial score (nSPS) is 13.1. The number of rotatable bonds is 10. The van der Waals surface area contributed by atoms with Gasteiger partial charge in [-0.05, 0) is 31.6 Å². The fraction of sp³-hybridized carbons (Fsp3) is 1.00. The minimum atomic E-state index is 0.821. The van der Waals surface area contributed by atoms with Crippen molar-refractivity contribution in [1.82, 2.24) is 5.32 Å². The average Bonchev–Trinajstić information content (AvgIpc) is 2.21. The van der Waals surface area contributed by atoms with Gasteiger partial charge in [0.25, 0.3) is 0 Å². The lowest BCUT2D eigenvalue weighted by atomic mass is 10.3. The smallest absolute Gasteiger partial charge is 0.0587 e.